The molecule has 1 fully saturated rings. The summed E-state index contributed by atoms with van der Waals surface area (Å²) in [7, 11) is 0. The number of halogens is 3. The monoisotopic (exact) mass is 579 g/mol. The minimum absolute atomic E-state index is 0.130. The Morgan fingerprint density at radius 2 is 1.93 bits per heavy atom. The van der Waals surface area contributed by atoms with Crippen molar-refractivity contribution in [1.82, 2.24) is 20.1 Å². The summed E-state index contributed by atoms with van der Waals surface area (Å²) in [5.74, 6) is -4.47. The number of hydrogen-bond acceptors (Lipinski definition) is 7. The lowest BCUT2D eigenvalue weighted by Gasteiger charge is -2.37. The number of rotatable bonds is 5. The fourth-order valence-electron chi connectivity index (χ4n) is 5.32. The van der Waals surface area contributed by atoms with Gasteiger partial charge in [-0.3, -0.25) is 9.59 Å². The van der Waals surface area contributed by atoms with Gasteiger partial charge in [0.1, 0.15) is 17.1 Å². The number of aromatic nitrogens is 3. The largest absolute Gasteiger partial charge is 0.438 e. The van der Waals surface area contributed by atoms with E-state index < -0.39 is 41.9 Å². The Bertz CT molecular complexity index is 1660. The highest BCUT2D eigenvalue weighted by atomic mass is 32.1. The molecule has 41 heavy (non-hydrogen) atoms. The Hall–Kier alpha value is -4.32. The summed E-state index contributed by atoms with van der Waals surface area (Å²) < 4.78 is 48.4. The summed E-state index contributed by atoms with van der Waals surface area (Å²) in [5, 5.41) is 10.9. The molecule has 0 bridgehead atoms. The number of carbonyl (C=O) groups excluding carboxylic acids is 2. The fourth-order valence-corrected chi connectivity index (χ4v) is 5.76. The maximum absolute atomic E-state index is 15.1. The van der Waals surface area contributed by atoms with Crippen molar-refractivity contribution < 1.29 is 27.5 Å². The van der Waals surface area contributed by atoms with E-state index >= 15 is 4.39 Å². The molecule has 1 saturated heterocycles. The standard InChI is InChI=1S/C29H24F3N5O3S/c1-28(2,26(39)35-27-36-33-15-41-27)23-18-5-3-4-6-22(18)40-24-19(23)9-10-21(34-24)16-7-8-17(20(30)13-16)25(38)37-12-11-29(31,32)14-37/h3-10,13,15,23H,11-12,14H2,1-2H3,(H,35,36,39)/t23-/m0/s1. The van der Waals surface area contributed by atoms with Crippen molar-refractivity contribution in [1.29, 1.82) is 0 Å². The van der Waals surface area contributed by atoms with Crippen molar-refractivity contribution in [2.45, 2.75) is 32.1 Å². The smallest absolute Gasteiger partial charge is 0.267 e. The van der Waals surface area contributed by atoms with Crippen LogP contribution in [-0.2, 0) is 4.79 Å². The molecule has 0 saturated carbocycles. The van der Waals surface area contributed by atoms with Crippen LogP contribution in [0.5, 0.6) is 11.6 Å². The maximum Gasteiger partial charge on any atom is 0.267 e. The fraction of sp³-hybridized carbons (Fsp3) is 0.276. The van der Waals surface area contributed by atoms with E-state index in [9.17, 15) is 18.4 Å². The first-order chi connectivity index (χ1) is 19.5. The summed E-state index contributed by atoms with van der Waals surface area (Å²) in [6, 6.07) is 14.8. The van der Waals surface area contributed by atoms with Crippen LogP contribution in [0.2, 0.25) is 0 Å². The van der Waals surface area contributed by atoms with Gasteiger partial charge in [0.05, 0.1) is 23.2 Å². The molecular weight excluding hydrogens is 555 g/mol. The van der Waals surface area contributed by atoms with E-state index in [2.05, 4.69) is 20.5 Å². The van der Waals surface area contributed by atoms with Crippen molar-refractivity contribution >= 4 is 28.3 Å². The van der Waals surface area contributed by atoms with Crippen molar-refractivity contribution in [2.75, 3.05) is 18.4 Å². The molecule has 0 spiro atoms. The number of pyridine rings is 1. The Labute approximate surface area is 237 Å². The second-order valence-electron chi connectivity index (χ2n) is 10.6. The minimum Gasteiger partial charge on any atom is -0.438 e. The SMILES string of the molecule is CC(C)(C(=O)Nc1nncs1)[C@H]1c2ccccc2Oc2nc(-c3ccc(C(=O)N4CCC(F)(F)C4)c(F)c3)ccc21. The zero-order chi connectivity index (χ0) is 28.9. The lowest BCUT2D eigenvalue weighted by atomic mass is 9.69. The van der Waals surface area contributed by atoms with Crippen molar-refractivity contribution in [3.63, 3.8) is 0 Å². The molecule has 2 aromatic heterocycles. The molecule has 2 amide bonds. The molecule has 4 heterocycles. The van der Waals surface area contributed by atoms with E-state index in [0.29, 0.717) is 27.7 Å². The molecule has 6 rings (SSSR count). The lowest BCUT2D eigenvalue weighted by Crippen LogP contribution is -2.38. The van der Waals surface area contributed by atoms with Crippen LogP contribution < -0.4 is 10.1 Å². The maximum atomic E-state index is 15.1. The first-order valence-corrected chi connectivity index (χ1v) is 13.7. The van der Waals surface area contributed by atoms with E-state index in [0.717, 1.165) is 16.5 Å². The second kappa shape index (κ2) is 9.95. The molecule has 2 aromatic carbocycles. The number of alkyl halides is 2. The predicted molar refractivity (Wildman–Crippen MR) is 146 cm³/mol. The van der Waals surface area contributed by atoms with Gasteiger partial charge in [-0.15, -0.1) is 10.2 Å². The third-order valence-corrected chi connectivity index (χ3v) is 8.08. The molecule has 4 aromatic rings. The van der Waals surface area contributed by atoms with Gasteiger partial charge in [-0.1, -0.05) is 55.5 Å². The zero-order valence-electron chi connectivity index (χ0n) is 22.0. The number of hydrogen-bond donors (Lipinski definition) is 1. The van der Waals surface area contributed by atoms with E-state index in [1.807, 2.05) is 32.0 Å². The average Bonchev–Trinajstić information content (AvgIpc) is 3.59. The number of nitrogens with one attached hydrogen (secondary N) is 1. The number of para-hydroxylation sites is 1. The highest BCUT2D eigenvalue weighted by Crippen LogP contribution is 2.52. The summed E-state index contributed by atoms with van der Waals surface area (Å²) >= 11 is 1.22. The number of fused-ring (bicyclic) bond motifs is 2. The highest BCUT2D eigenvalue weighted by molar-refractivity contribution is 7.13. The molecule has 2 aliphatic heterocycles. The van der Waals surface area contributed by atoms with Crippen LogP contribution in [0.4, 0.5) is 18.3 Å². The molecule has 8 nitrogen and oxygen atoms in total. The van der Waals surface area contributed by atoms with E-state index in [-0.39, 0.29) is 23.9 Å². The molecule has 2 aliphatic rings. The van der Waals surface area contributed by atoms with Crippen LogP contribution in [0.25, 0.3) is 11.3 Å². The molecule has 12 heteroatoms. The van der Waals surface area contributed by atoms with Gasteiger partial charge in [0, 0.05) is 35.6 Å². The summed E-state index contributed by atoms with van der Waals surface area (Å²) in [5.41, 5.74) is 2.52. The second-order valence-corrected chi connectivity index (χ2v) is 11.4. The van der Waals surface area contributed by atoms with Crippen LogP contribution in [0.15, 0.2) is 60.1 Å². The Balaban J connectivity index is 1.33. The van der Waals surface area contributed by atoms with Gasteiger partial charge in [-0.05, 0) is 24.3 Å². The summed E-state index contributed by atoms with van der Waals surface area (Å²) in [6.07, 6.45) is -0.442. The topological polar surface area (TPSA) is 97.3 Å². The van der Waals surface area contributed by atoms with Crippen molar-refractivity contribution in [3.05, 3.63) is 82.6 Å². The van der Waals surface area contributed by atoms with Crippen molar-refractivity contribution in [2.24, 2.45) is 5.41 Å². The van der Waals surface area contributed by atoms with E-state index in [1.165, 1.54) is 29.0 Å². The number of amides is 2. The minimum atomic E-state index is -2.97. The van der Waals surface area contributed by atoms with Crippen LogP contribution in [0.3, 0.4) is 0 Å². The van der Waals surface area contributed by atoms with Crippen LogP contribution in [-0.4, -0.2) is 50.9 Å². The number of nitrogens with zero attached hydrogens (tertiary/aromatic N) is 4. The zero-order valence-corrected chi connectivity index (χ0v) is 22.8. The lowest BCUT2D eigenvalue weighted by molar-refractivity contribution is -0.124. The van der Waals surface area contributed by atoms with E-state index in [1.54, 1.807) is 18.2 Å². The van der Waals surface area contributed by atoms with Gasteiger partial charge < -0.3 is 15.0 Å². The molecule has 0 radical (unpaired) electrons. The number of carbonyl (C=O) groups is 2. The average molecular weight is 580 g/mol. The normalized spacial score (nSPS) is 17.4. The molecule has 1 N–H and O–H groups in total. The molecule has 0 unspecified atom stereocenters. The van der Waals surface area contributed by atoms with Gasteiger partial charge in [0.25, 0.3) is 11.8 Å². The van der Waals surface area contributed by atoms with Gasteiger partial charge in [-0.2, -0.15) is 0 Å². The summed E-state index contributed by atoms with van der Waals surface area (Å²) in [4.78, 5) is 31.7. The Kier molecular flexibility index (Phi) is 6.52. The Morgan fingerprint density at radius 3 is 2.63 bits per heavy atom. The van der Waals surface area contributed by atoms with Gasteiger partial charge in [-0.25, -0.2) is 18.2 Å². The van der Waals surface area contributed by atoms with Gasteiger partial charge >= 0.3 is 0 Å². The Morgan fingerprint density at radius 1 is 1.12 bits per heavy atom. The molecule has 1 atom stereocenters. The quantitative estimate of drug-likeness (QED) is 0.306. The molecule has 210 valence electrons. The number of benzene rings is 2. The molecule has 0 aliphatic carbocycles. The van der Waals surface area contributed by atoms with Crippen LogP contribution in [0, 0.1) is 11.2 Å². The van der Waals surface area contributed by atoms with Crippen LogP contribution in [0.1, 0.15) is 47.7 Å². The third kappa shape index (κ3) is 4.92. The van der Waals surface area contributed by atoms with Crippen LogP contribution >= 0.6 is 11.3 Å². The predicted octanol–water partition coefficient (Wildman–Crippen LogP) is 6.12. The van der Waals surface area contributed by atoms with Gasteiger partial charge in [0.15, 0.2) is 0 Å². The first-order valence-electron chi connectivity index (χ1n) is 12.9. The molecular formula is C29H24F3N5O3S. The number of ether oxygens (including phenoxy) is 1. The third-order valence-electron chi connectivity index (χ3n) is 7.48. The van der Waals surface area contributed by atoms with Crippen molar-refractivity contribution in [3.8, 4) is 22.9 Å². The number of anilines is 1. The van der Waals surface area contributed by atoms with Gasteiger partial charge in [0.2, 0.25) is 16.9 Å². The number of likely N-dealkylation sites (tertiary alicyclic amines) is 1. The summed E-state index contributed by atoms with van der Waals surface area (Å²) in [6.45, 7) is 2.80. The van der Waals surface area contributed by atoms with E-state index in [4.69, 9.17) is 4.74 Å². The first kappa shape index (κ1) is 26.9. The highest BCUT2D eigenvalue weighted by Gasteiger charge is 2.44.